The molecule has 0 fully saturated rings. The molecular weight excluding hydrogens is 751 g/mol. The predicted octanol–water partition coefficient (Wildman–Crippen LogP) is 17.2. The summed E-state index contributed by atoms with van der Waals surface area (Å²) in [7, 11) is 0. The number of hydrogen-bond donors (Lipinski definition) is 0. The Labute approximate surface area is 360 Å². The smallest absolute Gasteiger partial charge is 0.145 e. The van der Waals surface area contributed by atoms with Crippen LogP contribution >= 0.6 is 0 Å². The van der Waals surface area contributed by atoms with Crippen molar-refractivity contribution in [2.75, 3.05) is 4.90 Å². The minimum atomic E-state index is 0.864. The fraction of sp³-hybridized carbons (Fsp3) is 0. The summed E-state index contributed by atoms with van der Waals surface area (Å²) >= 11 is 0. The molecule has 12 aromatic rings. The van der Waals surface area contributed by atoms with Crippen molar-refractivity contribution >= 4 is 71.3 Å². The summed E-state index contributed by atoms with van der Waals surface area (Å²) in [4.78, 5) is 2.42. The van der Waals surface area contributed by atoms with Crippen LogP contribution < -0.4 is 4.90 Å². The molecule has 0 bridgehead atoms. The van der Waals surface area contributed by atoms with Crippen molar-refractivity contribution in [1.82, 2.24) is 0 Å². The number of benzene rings is 11. The van der Waals surface area contributed by atoms with E-state index in [1.165, 1.54) is 49.0 Å². The monoisotopic (exact) mass is 789 g/mol. The van der Waals surface area contributed by atoms with E-state index in [1.807, 2.05) is 0 Å². The lowest BCUT2D eigenvalue weighted by atomic mass is 9.92. The summed E-state index contributed by atoms with van der Waals surface area (Å²) in [6, 6.07) is 85.3. The molecule has 0 radical (unpaired) electrons. The van der Waals surface area contributed by atoms with Gasteiger partial charge in [0.1, 0.15) is 11.2 Å². The van der Waals surface area contributed by atoms with Crippen LogP contribution in [0, 0.1) is 0 Å². The zero-order valence-electron chi connectivity index (χ0n) is 33.9. The molecule has 12 rings (SSSR count). The van der Waals surface area contributed by atoms with Crippen LogP contribution in [0.25, 0.3) is 98.8 Å². The molecule has 0 amide bonds. The van der Waals surface area contributed by atoms with E-state index in [4.69, 9.17) is 4.42 Å². The van der Waals surface area contributed by atoms with Crippen molar-refractivity contribution < 1.29 is 4.42 Å². The van der Waals surface area contributed by atoms with Gasteiger partial charge in [-0.3, -0.25) is 0 Å². The lowest BCUT2D eigenvalue weighted by Crippen LogP contribution is -2.11. The van der Waals surface area contributed by atoms with Gasteiger partial charge in [0.15, 0.2) is 0 Å². The molecule has 62 heavy (non-hydrogen) atoms. The number of fused-ring (bicyclic) bond motifs is 9. The highest BCUT2D eigenvalue weighted by Crippen LogP contribution is 2.49. The zero-order chi connectivity index (χ0) is 41.0. The second-order valence-corrected chi connectivity index (χ2v) is 16.0. The van der Waals surface area contributed by atoms with Gasteiger partial charge < -0.3 is 9.32 Å². The lowest BCUT2D eigenvalue weighted by Gasteiger charge is -2.29. The van der Waals surface area contributed by atoms with Gasteiger partial charge >= 0.3 is 0 Å². The SMILES string of the molecule is c1ccc(-c2cccc(-c3ccccc3N(c3ccc(-c4ccc5c6ccccc6c6ccccc6c5c4)cc3)c3ccc(-c4ccccc4)c4oc5ccccc5c34)c2)cc1. The first-order valence-corrected chi connectivity index (χ1v) is 21.3. The topological polar surface area (TPSA) is 16.4 Å². The summed E-state index contributed by atoms with van der Waals surface area (Å²) in [6.07, 6.45) is 0. The lowest BCUT2D eigenvalue weighted by molar-refractivity contribution is 0.670. The molecule has 0 saturated heterocycles. The Kier molecular flexibility index (Phi) is 8.53. The van der Waals surface area contributed by atoms with E-state index < -0.39 is 0 Å². The molecule has 2 heteroatoms. The Morgan fingerprint density at radius 1 is 0.274 bits per heavy atom. The molecule has 0 aliphatic heterocycles. The quantitative estimate of drug-likeness (QED) is 0.150. The minimum absolute atomic E-state index is 0.864. The van der Waals surface area contributed by atoms with Gasteiger partial charge in [0.25, 0.3) is 0 Å². The number of hydrogen-bond acceptors (Lipinski definition) is 2. The molecular formula is C60H39NO. The number of para-hydroxylation sites is 2. The molecule has 290 valence electrons. The Morgan fingerprint density at radius 2 is 0.790 bits per heavy atom. The summed E-state index contributed by atoms with van der Waals surface area (Å²) in [5.74, 6) is 0. The van der Waals surface area contributed by atoms with Gasteiger partial charge in [-0.2, -0.15) is 0 Å². The second kappa shape index (κ2) is 14.8. The van der Waals surface area contributed by atoms with E-state index in [1.54, 1.807) is 0 Å². The van der Waals surface area contributed by atoms with Crippen LogP contribution in [0.15, 0.2) is 241 Å². The molecule has 11 aromatic carbocycles. The molecule has 1 aromatic heterocycles. The van der Waals surface area contributed by atoms with E-state index in [0.29, 0.717) is 0 Å². The van der Waals surface area contributed by atoms with E-state index in [2.05, 4.69) is 241 Å². The van der Waals surface area contributed by atoms with Crippen LogP contribution in [-0.2, 0) is 0 Å². The number of anilines is 3. The maximum Gasteiger partial charge on any atom is 0.145 e. The van der Waals surface area contributed by atoms with E-state index in [-0.39, 0.29) is 0 Å². The summed E-state index contributed by atoms with van der Waals surface area (Å²) < 4.78 is 6.82. The van der Waals surface area contributed by atoms with Gasteiger partial charge in [-0.15, -0.1) is 0 Å². The van der Waals surface area contributed by atoms with E-state index in [9.17, 15) is 0 Å². The van der Waals surface area contributed by atoms with Gasteiger partial charge in [-0.05, 0) is 114 Å². The molecule has 0 saturated carbocycles. The molecule has 0 aliphatic rings. The number of nitrogens with zero attached hydrogens (tertiary/aromatic N) is 1. The fourth-order valence-electron chi connectivity index (χ4n) is 9.55. The molecule has 0 unspecified atom stereocenters. The Morgan fingerprint density at radius 3 is 1.52 bits per heavy atom. The maximum atomic E-state index is 6.82. The molecule has 0 atom stereocenters. The minimum Gasteiger partial charge on any atom is -0.455 e. The van der Waals surface area contributed by atoms with E-state index >= 15 is 0 Å². The van der Waals surface area contributed by atoms with Crippen molar-refractivity contribution in [2.24, 2.45) is 0 Å². The molecule has 0 spiro atoms. The third-order valence-corrected chi connectivity index (χ3v) is 12.5. The maximum absolute atomic E-state index is 6.82. The zero-order valence-corrected chi connectivity index (χ0v) is 33.9. The van der Waals surface area contributed by atoms with Crippen LogP contribution in [0.5, 0.6) is 0 Å². The van der Waals surface area contributed by atoms with Crippen molar-refractivity contribution in [3.05, 3.63) is 237 Å². The normalized spacial score (nSPS) is 11.5. The first-order valence-electron chi connectivity index (χ1n) is 21.3. The third kappa shape index (κ3) is 5.96. The van der Waals surface area contributed by atoms with Gasteiger partial charge in [0, 0.05) is 22.2 Å². The Balaban J connectivity index is 1.06. The summed E-state index contributed by atoms with van der Waals surface area (Å²) in [5.41, 5.74) is 14.1. The highest BCUT2D eigenvalue weighted by molar-refractivity contribution is 6.26. The van der Waals surface area contributed by atoms with Crippen LogP contribution in [0.1, 0.15) is 0 Å². The van der Waals surface area contributed by atoms with Crippen LogP contribution in [0.4, 0.5) is 17.1 Å². The van der Waals surface area contributed by atoms with Crippen molar-refractivity contribution in [2.45, 2.75) is 0 Å². The molecule has 0 aliphatic carbocycles. The van der Waals surface area contributed by atoms with Gasteiger partial charge in [0.2, 0.25) is 0 Å². The average molecular weight is 790 g/mol. The van der Waals surface area contributed by atoms with Crippen LogP contribution in [0.2, 0.25) is 0 Å². The Hall–Kier alpha value is -8.20. The van der Waals surface area contributed by atoms with Crippen molar-refractivity contribution in [3.8, 4) is 44.5 Å². The standard InChI is InChI=1S/C60H39NO/c1-3-16-40(17-4-1)43-20-15-21-45(38-43)47-22-11-13-28-56(47)61(57-37-36-48(42-18-5-2-6-19-42)60-59(57)54-27-12-14-29-58(54)62-60)46-33-30-41(31-34-46)44-32-35-53-51-25-8-7-23-49(51)50-24-9-10-26-52(50)55(53)39-44/h1-39H. The molecule has 1 heterocycles. The second-order valence-electron chi connectivity index (χ2n) is 16.0. The highest BCUT2D eigenvalue weighted by atomic mass is 16.3. The van der Waals surface area contributed by atoms with Crippen LogP contribution in [0.3, 0.4) is 0 Å². The molecule has 0 N–H and O–H groups in total. The van der Waals surface area contributed by atoms with E-state index in [0.717, 1.165) is 66.8 Å². The fourth-order valence-corrected chi connectivity index (χ4v) is 9.55. The number of furan rings is 1. The first kappa shape index (κ1) is 35.7. The van der Waals surface area contributed by atoms with Gasteiger partial charge in [-0.1, -0.05) is 188 Å². The highest BCUT2D eigenvalue weighted by Gasteiger charge is 2.24. The number of rotatable bonds is 7. The summed E-state index contributed by atoms with van der Waals surface area (Å²) in [5, 5.41) is 9.82. The molecule has 2 nitrogen and oxygen atoms in total. The Bertz CT molecular complexity index is 3590. The largest absolute Gasteiger partial charge is 0.455 e. The van der Waals surface area contributed by atoms with Gasteiger partial charge in [-0.25, -0.2) is 0 Å². The van der Waals surface area contributed by atoms with Crippen molar-refractivity contribution in [3.63, 3.8) is 0 Å². The van der Waals surface area contributed by atoms with Crippen LogP contribution in [-0.4, -0.2) is 0 Å². The summed E-state index contributed by atoms with van der Waals surface area (Å²) in [6.45, 7) is 0. The predicted molar refractivity (Wildman–Crippen MR) is 263 cm³/mol. The third-order valence-electron chi connectivity index (χ3n) is 12.5. The van der Waals surface area contributed by atoms with Gasteiger partial charge in [0.05, 0.1) is 16.8 Å². The first-order chi connectivity index (χ1) is 30.8. The average Bonchev–Trinajstić information content (AvgIpc) is 3.75. The van der Waals surface area contributed by atoms with Crippen molar-refractivity contribution in [1.29, 1.82) is 0 Å².